The Labute approximate surface area is 395 Å². The SMILES string of the molecule is c1ccc(-c2c(-c3ccccc3)c3cc(N(c4ccc(-c5ccc6c(c5)c5ccccc5n6-c5ccccc5)cc4)c4cccc(-c5ccc6ccccc6c5)c4)ccc3c3ccccc23)cc1. The first-order chi connectivity index (χ1) is 33.7. The molecular formula is C66H44N2. The number of hydrogen-bond donors (Lipinski definition) is 0. The highest BCUT2D eigenvalue weighted by atomic mass is 15.1. The molecule has 0 saturated heterocycles. The molecule has 13 aromatic rings. The number of aromatic nitrogens is 1. The zero-order valence-corrected chi connectivity index (χ0v) is 37.3. The highest BCUT2D eigenvalue weighted by Crippen LogP contribution is 2.47. The number of rotatable bonds is 8. The van der Waals surface area contributed by atoms with Gasteiger partial charge >= 0.3 is 0 Å². The third-order valence-electron chi connectivity index (χ3n) is 13.7. The Hall–Kier alpha value is -8.98. The van der Waals surface area contributed by atoms with Crippen LogP contribution in [0, 0.1) is 0 Å². The monoisotopic (exact) mass is 864 g/mol. The molecule has 2 heteroatoms. The van der Waals surface area contributed by atoms with E-state index in [1.165, 1.54) is 98.6 Å². The van der Waals surface area contributed by atoms with Crippen molar-refractivity contribution in [3.05, 3.63) is 267 Å². The molecule has 2 nitrogen and oxygen atoms in total. The second-order valence-corrected chi connectivity index (χ2v) is 17.7. The van der Waals surface area contributed by atoms with Crippen LogP contribution in [-0.2, 0) is 0 Å². The zero-order chi connectivity index (χ0) is 45.0. The Morgan fingerprint density at radius 3 is 1.51 bits per heavy atom. The number of anilines is 3. The third-order valence-corrected chi connectivity index (χ3v) is 13.7. The van der Waals surface area contributed by atoms with Gasteiger partial charge in [-0.3, -0.25) is 0 Å². The lowest BCUT2D eigenvalue weighted by Gasteiger charge is -2.27. The van der Waals surface area contributed by atoms with Gasteiger partial charge in [-0.25, -0.2) is 0 Å². The summed E-state index contributed by atoms with van der Waals surface area (Å²) in [6.07, 6.45) is 0. The summed E-state index contributed by atoms with van der Waals surface area (Å²) in [4.78, 5) is 2.43. The molecule has 0 bridgehead atoms. The molecule has 1 heterocycles. The minimum Gasteiger partial charge on any atom is -0.310 e. The van der Waals surface area contributed by atoms with Gasteiger partial charge in [0.05, 0.1) is 11.0 Å². The second kappa shape index (κ2) is 16.5. The molecule has 0 fully saturated rings. The summed E-state index contributed by atoms with van der Waals surface area (Å²) in [6, 6.07) is 97.6. The number of fused-ring (bicyclic) bond motifs is 7. The third kappa shape index (κ3) is 6.73. The minimum atomic E-state index is 1.08. The average molecular weight is 865 g/mol. The molecule has 0 spiro atoms. The number of benzene rings is 12. The van der Waals surface area contributed by atoms with Crippen LogP contribution < -0.4 is 4.90 Å². The lowest BCUT2D eigenvalue weighted by Crippen LogP contribution is -2.10. The van der Waals surface area contributed by atoms with Crippen LogP contribution in [0.3, 0.4) is 0 Å². The number of nitrogens with zero attached hydrogens (tertiary/aromatic N) is 2. The molecule has 13 rings (SSSR count). The van der Waals surface area contributed by atoms with Crippen LogP contribution in [0.5, 0.6) is 0 Å². The van der Waals surface area contributed by atoms with Crippen molar-refractivity contribution in [1.29, 1.82) is 0 Å². The standard InChI is InChI=1S/C66H44N2/c1-4-18-47(19-5-1)65-60-29-13-12-27-57(60)58-39-38-56(44-62(58)66(65)48-20-6-2-7-21-48)67(55-26-16-23-50(42-55)51-32-31-45-17-10-11-22-49(45)41-51)54-36-33-46(34-37-54)52-35-40-64-61(43-52)59-28-14-15-30-63(59)68(64)53-24-8-3-9-25-53/h1-44H. The van der Waals surface area contributed by atoms with E-state index in [1.807, 2.05) is 0 Å². The molecule has 0 amide bonds. The van der Waals surface area contributed by atoms with E-state index in [1.54, 1.807) is 0 Å². The number of hydrogen-bond acceptors (Lipinski definition) is 1. The Bertz CT molecular complexity index is 4000. The summed E-state index contributed by atoms with van der Waals surface area (Å²) < 4.78 is 2.37. The fourth-order valence-corrected chi connectivity index (χ4v) is 10.6. The van der Waals surface area contributed by atoms with Gasteiger partial charge < -0.3 is 9.47 Å². The highest BCUT2D eigenvalue weighted by molar-refractivity contribution is 6.22. The van der Waals surface area contributed by atoms with Gasteiger partial charge in [-0.05, 0) is 150 Å². The van der Waals surface area contributed by atoms with Crippen molar-refractivity contribution in [2.45, 2.75) is 0 Å². The molecular weight excluding hydrogens is 821 g/mol. The predicted molar refractivity (Wildman–Crippen MR) is 290 cm³/mol. The van der Waals surface area contributed by atoms with Crippen LogP contribution in [0.2, 0.25) is 0 Å². The molecule has 12 aromatic carbocycles. The molecule has 318 valence electrons. The first-order valence-electron chi connectivity index (χ1n) is 23.4. The summed E-state index contributed by atoms with van der Waals surface area (Å²) in [6.45, 7) is 0. The Balaban J connectivity index is 1.00. The van der Waals surface area contributed by atoms with Gasteiger partial charge in [-0.15, -0.1) is 0 Å². The van der Waals surface area contributed by atoms with Gasteiger partial charge in [0.2, 0.25) is 0 Å². The second-order valence-electron chi connectivity index (χ2n) is 17.7. The molecule has 0 N–H and O–H groups in total. The van der Waals surface area contributed by atoms with Gasteiger partial charge in [0, 0.05) is 33.5 Å². The van der Waals surface area contributed by atoms with Crippen LogP contribution in [0.15, 0.2) is 267 Å². The maximum Gasteiger partial charge on any atom is 0.0541 e. The molecule has 1 aromatic heterocycles. The Kier molecular flexibility index (Phi) is 9.54. The van der Waals surface area contributed by atoms with Crippen molar-refractivity contribution < 1.29 is 0 Å². The van der Waals surface area contributed by atoms with Crippen molar-refractivity contribution in [2.75, 3.05) is 4.90 Å². The van der Waals surface area contributed by atoms with Crippen LogP contribution in [0.4, 0.5) is 17.1 Å². The maximum atomic E-state index is 2.43. The first kappa shape index (κ1) is 39.4. The average Bonchev–Trinajstić information content (AvgIpc) is 3.75. The van der Waals surface area contributed by atoms with E-state index in [2.05, 4.69) is 276 Å². The summed E-state index contributed by atoms with van der Waals surface area (Å²) >= 11 is 0. The van der Waals surface area contributed by atoms with E-state index in [-0.39, 0.29) is 0 Å². The Morgan fingerprint density at radius 2 is 0.750 bits per heavy atom. The normalized spacial score (nSPS) is 11.5. The van der Waals surface area contributed by atoms with Crippen molar-refractivity contribution in [1.82, 2.24) is 4.57 Å². The van der Waals surface area contributed by atoms with E-state index in [0.717, 1.165) is 22.7 Å². The van der Waals surface area contributed by atoms with Gasteiger partial charge in [-0.2, -0.15) is 0 Å². The van der Waals surface area contributed by atoms with E-state index in [0.29, 0.717) is 0 Å². The summed E-state index contributed by atoms with van der Waals surface area (Å²) in [5, 5.41) is 9.89. The molecule has 0 radical (unpaired) electrons. The Morgan fingerprint density at radius 1 is 0.235 bits per heavy atom. The van der Waals surface area contributed by atoms with Gasteiger partial charge in [0.15, 0.2) is 0 Å². The molecule has 68 heavy (non-hydrogen) atoms. The quantitative estimate of drug-likeness (QED) is 0.138. The van der Waals surface area contributed by atoms with Crippen molar-refractivity contribution in [3.8, 4) is 50.2 Å². The topological polar surface area (TPSA) is 8.17 Å². The molecule has 0 aliphatic rings. The van der Waals surface area contributed by atoms with Crippen LogP contribution in [-0.4, -0.2) is 4.57 Å². The molecule has 0 aliphatic heterocycles. The van der Waals surface area contributed by atoms with Crippen molar-refractivity contribution in [2.24, 2.45) is 0 Å². The van der Waals surface area contributed by atoms with Crippen LogP contribution >= 0.6 is 0 Å². The minimum absolute atomic E-state index is 1.08. The van der Waals surface area contributed by atoms with E-state index < -0.39 is 0 Å². The van der Waals surface area contributed by atoms with Gasteiger partial charge in [-0.1, -0.05) is 194 Å². The fraction of sp³-hybridized carbons (Fsp3) is 0. The van der Waals surface area contributed by atoms with Gasteiger partial charge in [0.25, 0.3) is 0 Å². The van der Waals surface area contributed by atoms with Crippen molar-refractivity contribution >= 4 is 71.2 Å². The highest BCUT2D eigenvalue weighted by Gasteiger charge is 2.21. The van der Waals surface area contributed by atoms with E-state index in [4.69, 9.17) is 0 Å². The maximum absolute atomic E-state index is 2.43. The van der Waals surface area contributed by atoms with E-state index >= 15 is 0 Å². The zero-order valence-electron chi connectivity index (χ0n) is 37.3. The van der Waals surface area contributed by atoms with Gasteiger partial charge in [0.1, 0.15) is 0 Å². The van der Waals surface area contributed by atoms with Crippen LogP contribution in [0.1, 0.15) is 0 Å². The molecule has 0 unspecified atom stereocenters. The lowest BCUT2D eigenvalue weighted by atomic mass is 9.85. The lowest BCUT2D eigenvalue weighted by molar-refractivity contribution is 1.18. The van der Waals surface area contributed by atoms with Crippen molar-refractivity contribution in [3.63, 3.8) is 0 Å². The fourth-order valence-electron chi connectivity index (χ4n) is 10.6. The van der Waals surface area contributed by atoms with E-state index in [9.17, 15) is 0 Å². The first-order valence-corrected chi connectivity index (χ1v) is 23.4. The van der Waals surface area contributed by atoms with Crippen LogP contribution in [0.25, 0.3) is 104 Å². The predicted octanol–water partition coefficient (Wildman–Crippen LogP) is 18.4. The summed E-state index contributed by atoms with van der Waals surface area (Å²) in [7, 11) is 0. The molecule has 0 aliphatic carbocycles. The number of para-hydroxylation sites is 2. The molecule has 0 atom stereocenters. The largest absolute Gasteiger partial charge is 0.310 e. The summed E-state index contributed by atoms with van der Waals surface area (Å²) in [5.74, 6) is 0. The summed E-state index contributed by atoms with van der Waals surface area (Å²) in [5.41, 5.74) is 16.4. The molecule has 0 saturated carbocycles. The smallest absolute Gasteiger partial charge is 0.0541 e.